The Morgan fingerprint density at radius 3 is 2.33 bits per heavy atom. The molecule has 0 aromatic heterocycles. The van der Waals surface area contributed by atoms with Crippen LogP contribution in [0, 0.1) is 11.8 Å². The van der Waals surface area contributed by atoms with Gasteiger partial charge in [-0.15, -0.1) is 0 Å². The fourth-order valence-corrected chi connectivity index (χ4v) is 3.15. The van der Waals surface area contributed by atoms with E-state index < -0.39 is 0 Å². The molecule has 0 aromatic carbocycles. The standard InChI is InChI=1S/C14H29N/c1-4-6-12(3)11-14(15)9-7-13(5-2)8-10-14/h12-13H,4-11,15H2,1-3H3. The van der Waals surface area contributed by atoms with Gasteiger partial charge in [-0.3, -0.25) is 0 Å². The Bertz CT molecular complexity index is 168. The lowest BCUT2D eigenvalue weighted by molar-refractivity contribution is 0.193. The highest BCUT2D eigenvalue weighted by molar-refractivity contribution is 4.90. The lowest BCUT2D eigenvalue weighted by Crippen LogP contribution is -2.44. The zero-order chi connectivity index (χ0) is 11.3. The fourth-order valence-electron chi connectivity index (χ4n) is 3.15. The Hall–Kier alpha value is -0.0400. The van der Waals surface area contributed by atoms with Gasteiger partial charge in [0.25, 0.3) is 0 Å². The van der Waals surface area contributed by atoms with E-state index in [-0.39, 0.29) is 5.54 Å². The molecule has 90 valence electrons. The van der Waals surface area contributed by atoms with Gasteiger partial charge in [-0.25, -0.2) is 0 Å². The lowest BCUT2D eigenvalue weighted by atomic mass is 9.72. The summed E-state index contributed by atoms with van der Waals surface area (Å²) in [4.78, 5) is 0. The highest BCUT2D eigenvalue weighted by atomic mass is 14.7. The third-order valence-electron chi connectivity index (χ3n) is 4.21. The van der Waals surface area contributed by atoms with E-state index in [2.05, 4.69) is 20.8 Å². The van der Waals surface area contributed by atoms with Crippen LogP contribution < -0.4 is 5.73 Å². The second-order valence-electron chi connectivity index (χ2n) is 5.81. The molecule has 0 saturated heterocycles. The van der Waals surface area contributed by atoms with Crippen LogP contribution in [0.1, 0.15) is 72.1 Å². The summed E-state index contributed by atoms with van der Waals surface area (Å²) in [5, 5.41) is 0. The summed E-state index contributed by atoms with van der Waals surface area (Å²) in [5.74, 6) is 1.78. The van der Waals surface area contributed by atoms with Crippen molar-refractivity contribution >= 4 is 0 Å². The summed E-state index contributed by atoms with van der Waals surface area (Å²) >= 11 is 0. The first-order valence-corrected chi connectivity index (χ1v) is 6.88. The first-order valence-electron chi connectivity index (χ1n) is 6.88. The van der Waals surface area contributed by atoms with Crippen LogP contribution >= 0.6 is 0 Å². The van der Waals surface area contributed by atoms with Gasteiger partial charge in [-0.05, 0) is 43.9 Å². The SMILES string of the molecule is CCCC(C)CC1(N)CCC(CC)CC1. The van der Waals surface area contributed by atoms with Crippen molar-refractivity contribution in [1.29, 1.82) is 0 Å². The molecule has 1 saturated carbocycles. The van der Waals surface area contributed by atoms with Crippen LogP contribution in [0.2, 0.25) is 0 Å². The average Bonchev–Trinajstić information content (AvgIpc) is 2.18. The summed E-state index contributed by atoms with van der Waals surface area (Å²) < 4.78 is 0. The monoisotopic (exact) mass is 211 g/mol. The zero-order valence-corrected chi connectivity index (χ0v) is 10.9. The van der Waals surface area contributed by atoms with E-state index >= 15 is 0 Å². The van der Waals surface area contributed by atoms with Crippen LogP contribution in [0.4, 0.5) is 0 Å². The molecule has 0 heterocycles. The average molecular weight is 211 g/mol. The Morgan fingerprint density at radius 1 is 1.27 bits per heavy atom. The predicted octanol–water partition coefficient (Wildman–Crippen LogP) is 4.11. The molecule has 0 aliphatic heterocycles. The molecular weight excluding hydrogens is 182 g/mol. The fraction of sp³-hybridized carbons (Fsp3) is 1.00. The Labute approximate surface area is 95.8 Å². The molecule has 1 heteroatoms. The van der Waals surface area contributed by atoms with Crippen LogP contribution in [0.5, 0.6) is 0 Å². The quantitative estimate of drug-likeness (QED) is 0.727. The third kappa shape index (κ3) is 4.14. The summed E-state index contributed by atoms with van der Waals surface area (Å²) in [6.07, 6.45) is 10.5. The van der Waals surface area contributed by atoms with E-state index in [9.17, 15) is 0 Å². The normalized spacial score (nSPS) is 34.0. The van der Waals surface area contributed by atoms with Crippen LogP contribution in [-0.2, 0) is 0 Å². The first kappa shape index (κ1) is 13.0. The molecule has 0 radical (unpaired) electrons. The van der Waals surface area contributed by atoms with E-state index in [1.807, 2.05) is 0 Å². The minimum absolute atomic E-state index is 0.181. The maximum absolute atomic E-state index is 6.51. The molecule has 1 rings (SSSR count). The predicted molar refractivity (Wildman–Crippen MR) is 67.9 cm³/mol. The summed E-state index contributed by atoms with van der Waals surface area (Å²) in [6, 6.07) is 0. The second kappa shape index (κ2) is 5.89. The van der Waals surface area contributed by atoms with Crippen molar-refractivity contribution in [3.05, 3.63) is 0 Å². The van der Waals surface area contributed by atoms with Crippen LogP contribution in [0.15, 0.2) is 0 Å². The van der Waals surface area contributed by atoms with Crippen LogP contribution in [-0.4, -0.2) is 5.54 Å². The molecule has 0 aromatic rings. The largest absolute Gasteiger partial charge is 0.325 e. The van der Waals surface area contributed by atoms with Crippen molar-refractivity contribution in [2.45, 2.75) is 77.7 Å². The van der Waals surface area contributed by atoms with Gasteiger partial charge in [0.15, 0.2) is 0 Å². The van der Waals surface area contributed by atoms with Crippen molar-refractivity contribution in [3.8, 4) is 0 Å². The summed E-state index contributed by atoms with van der Waals surface area (Å²) in [7, 11) is 0. The lowest BCUT2D eigenvalue weighted by Gasteiger charge is -2.38. The molecule has 1 nitrogen and oxygen atoms in total. The molecule has 2 N–H and O–H groups in total. The van der Waals surface area contributed by atoms with Gasteiger partial charge < -0.3 is 5.73 Å². The van der Waals surface area contributed by atoms with E-state index in [0.29, 0.717) is 0 Å². The van der Waals surface area contributed by atoms with E-state index in [1.54, 1.807) is 0 Å². The summed E-state index contributed by atoms with van der Waals surface area (Å²) in [5.41, 5.74) is 6.69. The molecule has 1 aliphatic carbocycles. The van der Waals surface area contributed by atoms with Gasteiger partial charge in [-0.1, -0.05) is 40.0 Å². The number of hydrogen-bond acceptors (Lipinski definition) is 1. The first-order chi connectivity index (χ1) is 7.09. The van der Waals surface area contributed by atoms with Crippen molar-refractivity contribution in [2.24, 2.45) is 17.6 Å². The molecule has 0 amide bonds. The molecule has 1 aliphatic rings. The minimum atomic E-state index is 0.181. The molecule has 0 spiro atoms. The molecular formula is C14H29N. The molecule has 0 bridgehead atoms. The molecule has 15 heavy (non-hydrogen) atoms. The Balaban J connectivity index is 2.34. The smallest absolute Gasteiger partial charge is 0.0157 e. The third-order valence-corrected chi connectivity index (χ3v) is 4.21. The van der Waals surface area contributed by atoms with E-state index in [4.69, 9.17) is 5.73 Å². The van der Waals surface area contributed by atoms with Crippen LogP contribution in [0.3, 0.4) is 0 Å². The van der Waals surface area contributed by atoms with Crippen molar-refractivity contribution < 1.29 is 0 Å². The van der Waals surface area contributed by atoms with E-state index in [0.717, 1.165) is 11.8 Å². The van der Waals surface area contributed by atoms with Gasteiger partial charge in [0.2, 0.25) is 0 Å². The summed E-state index contributed by atoms with van der Waals surface area (Å²) in [6.45, 7) is 6.95. The Morgan fingerprint density at radius 2 is 1.87 bits per heavy atom. The van der Waals surface area contributed by atoms with Gasteiger partial charge in [0, 0.05) is 5.54 Å². The number of hydrogen-bond donors (Lipinski definition) is 1. The van der Waals surface area contributed by atoms with Gasteiger partial charge >= 0.3 is 0 Å². The van der Waals surface area contributed by atoms with Gasteiger partial charge in [0.05, 0.1) is 0 Å². The zero-order valence-electron chi connectivity index (χ0n) is 10.9. The van der Waals surface area contributed by atoms with Crippen molar-refractivity contribution in [1.82, 2.24) is 0 Å². The van der Waals surface area contributed by atoms with Crippen molar-refractivity contribution in [3.63, 3.8) is 0 Å². The topological polar surface area (TPSA) is 26.0 Å². The van der Waals surface area contributed by atoms with Crippen LogP contribution in [0.25, 0.3) is 0 Å². The van der Waals surface area contributed by atoms with Gasteiger partial charge in [0.1, 0.15) is 0 Å². The maximum Gasteiger partial charge on any atom is 0.0157 e. The van der Waals surface area contributed by atoms with Gasteiger partial charge in [-0.2, -0.15) is 0 Å². The molecule has 1 fully saturated rings. The van der Waals surface area contributed by atoms with E-state index in [1.165, 1.54) is 51.4 Å². The van der Waals surface area contributed by atoms with Crippen molar-refractivity contribution in [2.75, 3.05) is 0 Å². The second-order valence-corrected chi connectivity index (χ2v) is 5.81. The molecule has 1 unspecified atom stereocenters. The Kier molecular flexibility index (Phi) is 5.11. The number of nitrogens with two attached hydrogens (primary N) is 1. The molecule has 1 atom stereocenters. The maximum atomic E-state index is 6.51. The number of rotatable bonds is 5. The highest BCUT2D eigenvalue weighted by Crippen LogP contribution is 2.36. The minimum Gasteiger partial charge on any atom is -0.325 e. The highest BCUT2D eigenvalue weighted by Gasteiger charge is 2.31.